The normalized spacial score (nSPS) is 11.7. The van der Waals surface area contributed by atoms with Gasteiger partial charge in [-0.05, 0) is 37.3 Å². The zero-order chi connectivity index (χ0) is 14.0. The van der Waals surface area contributed by atoms with Gasteiger partial charge in [0.2, 0.25) is 10.0 Å². The monoisotopic (exact) mass is 296 g/mol. The van der Waals surface area contributed by atoms with E-state index in [0.717, 1.165) is 11.0 Å². The quantitative estimate of drug-likeness (QED) is 0.697. The molecular formula is C13H13ClN2O2S. The summed E-state index contributed by atoms with van der Waals surface area (Å²) in [5.74, 6) is 0. The van der Waals surface area contributed by atoms with Crippen LogP contribution in [0.2, 0.25) is 5.15 Å². The van der Waals surface area contributed by atoms with Crippen molar-refractivity contribution in [3.8, 4) is 0 Å². The number of hydrogen-bond acceptors (Lipinski definition) is 3. The summed E-state index contributed by atoms with van der Waals surface area (Å²) < 4.78 is 26.6. The van der Waals surface area contributed by atoms with Gasteiger partial charge in [0, 0.05) is 11.9 Å². The van der Waals surface area contributed by atoms with Crippen molar-refractivity contribution in [2.24, 2.45) is 0 Å². The molecule has 1 N–H and O–H groups in total. The van der Waals surface area contributed by atoms with E-state index in [9.17, 15) is 8.42 Å². The van der Waals surface area contributed by atoms with Crippen molar-refractivity contribution in [3.05, 3.63) is 47.6 Å². The van der Waals surface area contributed by atoms with Gasteiger partial charge in [-0.2, -0.15) is 0 Å². The lowest BCUT2D eigenvalue weighted by atomic mass is 10.2. The minimum absolute atomic E-state index is 0.199. The summed E-state index contributed by atoms with van der Waals surface area (Å²) in [6.07, 6.45) is 0. The highest BCUT2D eigenvalue weighted by Crippen LogP contribution is 2.19. The van der Waals surface area contributed by atoms with Crippen molar-refractivity contribution in [3.63, 3.8) is 0 Å². The summed E-state index contributed by atoms with van der Waals surface area (Å²) in [5.41, 5.74) is 1.41. The molecule has 0 atom stereocenters. The van der Waals surface area contributed by atoms with Crippen LogP contribution in [0.5, 0.6) is 0 Å². The van der Waals surface area contributed by atoms with Crippen LogP contribution < -0.4 is 4.72 Å². The SMILES string of the molecule is C=C(C)CNS(=O)(=O)c1ccc2nc(Cl)ccc2c1. The molecule has 1 aromatic carbocycles. The molecule has 0 aliphatic rings. The number of aromatic nitrogens is 1. The highest BCUT2D eigenvalue weighted by atomic mass is 35.5. The molecule has 100 valence electrons. The molecule has 0 bridgehead atoms. The lowest BCUT2D eigenvalue weighted by molar-refractivity contribution is 0.585. The lowest BCUT2D eigenvalue weighted by Crippen LogP contribution is -2.25. The number of benzene rings is 1. The maximum atomic E-state index is 12.0. The number of nitrogens with zero attached hydrogens (tertiary/aromatic N) is 1. The Morgan fingerprint density at radius 3 is 2.79 bits per heavy atom. The van der Waals surface area contributed by atoms with E-state index >= 15 is 0 Å². The van der Waals surface area contributed by atoms with Gasteiger partial charge >= 0.3 is 0 Å². The van der Waals surface area contributed by atoms with E-state index < -0.39 is 10.0 Å². The molecule has 0 saturated carbocycles. The van der Waals surface area contributed by atoms with Crippen molar-refractivity contribution >= 4 is 32.5 Å². The fourth-order valence-corrected chi connectivity index (χ4v) is 2.83. The first-order valence-corrected chi connectivity index (χ1v) is 7.45. The molecule has 4 nitrogen and oxygen atoms in total. The molecule has 0 saturated heterocycles. The van der Waals surface area contributed by atoms with Crippen LogP contribution in [-0.4, -0.2) is 19.9 Å². The Morgan fingerprint density at radius 2 is 2.11 bits per heavy atom. The van der Waals surface area contributed by atoms with E-state index in [1.165, 1.54) is 6.07 Å². The molecule has 0 aliphatic carbocycles. The number of fused-ring (bicyclic) bond motifs is 1. The molecule has 1 heterocycles. The number of hydrogen-bond donors (Lipinski definition) is 1. The Bertz CT molecular complexity index is 741. The topological polar surface area (TPSA) is 59.1 Å². The zero-order valence-corrected chi connectivity index (χ0v) is 11.9. The van der Waals surface area contributed by atoms with Crippen LogP contribution in [0.3, 0.4) is 0 Å². The maximum Gasteiger partial charge on any atom is 0.240 e. The first-order valence-electron chi connectivity index (χ1n) is 5.59. The zero-order valence-electron chi connectivity index (χ0n) is 10.4. The highest BCUT2D eigenvalue weighted by Gasteiger charge is 2.14. The molecule has 0 spiro atoms. The van der Waals surface area contributed by atoms with Crippen LogP contribution in [0.4, 0.5) is 0 Å². The highest BCUT2D eigenvalue weighted by molar-refractivity contribution is 7.89. The molecule has 0 amide bonds. The molecule has 2 rings (SSSR count). The Labute approximate surface area is 117 Å². The van der Waals surface area contributed by atoms with E-state index in [2.05, 4.69) is 16.3 Å². The molecule has 1 aromatic heterocycles. The predicted octanol–water partition coefficient (Wildman–Crippen LogP) is 2.74. The average Bonchev–Trinajstić information content (AvgIpc) is 2.36. The second-order valence-corrected chi connectivity index (χ2v) is 6.42. The van der Waals surface area contributed by atoms with Gasteiger partial charge < -0.3 is 0 Å². The average molecular weight is 297 g/mol. The van der Waals surface area contributed by atoms with Gasteiger partial charge in [-0.1, -0.05) is 23.8 Å². The third-order valence-electron chi connectivity index (χ3n) is 2.50. The van der Waals surface area contributed by atoms with E-state index in [-0.39, 0.29) is 11.4 Å². The van der Waals surface area contributed by atoms with Crippen molar-refractivity contribution in [1.29, 1.82) is 0 Å². The number of halogens is 1. The molecule has 0 radical (unpaired) electrons. The molecule has 0 unspecified atom stereocenters. The van der Waals surface area contributed by atoms with Gasteiger partial charge in [0.15, 0.2) is 0 Å². The third kappa shape index (κ3) is 3.32. The molecule has 0 fully saturated rings. The fraction of sp³-hybridized carbons (Fsp3) is 0.154. The van der Waals surface area contributed by atoms with Gasteiger partial charge in [-0.15, -0.1) is 0 Å². The van der Waals surface area contributed by atoms with Crippen LogP contribution in [0.1, 0.15) is 6.92 Å². The van der Waals surface area contributed by atoms with Crippen molar-refractivity contribution in [2.45, 2.75) is 11.8 Å². The summed E-state index contributed by atoms with van der Waals surface area (Å²) >= 11 is 5.78. The summed E-state index contributed by atoms with van der Waals surface area (Å²) in [6, 6.07) is 8.08. The van der Waals surface area contributed by atoms with Crippen LogP contribution in [0.15, 0.2) is 47.4 Å². The molecule has 0 aliphatic heterocycles. The Morgan fingerprint density at radius 1 is 1.37 bits per heavy atom. The summed E-state index contributed by atoms with van der Waals surface area (Å²) in [6.45, 7) is 5.64. The second kappa shape index (κ2) is 5.28. The number of sulfonamides is 1. The Hall–Kier alpha value is -1.43. The second-order valence-electron chi connectivity index (χ2n) is 4.27. The van der Waals surface area contributed by atoms with Gasteiger partial charge in [-0.3, -0.25) is 0 Å². The largest absolute Gasteiger partial charge is 0.240 e. The van der Waals surface area contributed by atoms with Crippen molar-refractivity contribution < 1.29 is 8.42 Å². The first kappa shape index (κ1) is 14.0. The summed E-state index contributed by atoms with van der Waals surface area (Å²) in [7, 11) is -3.53. The summed E-state index contributed by atoms with van der Waals surface area (Å²) in [4.78, 5) is 4.31. The molecule has 6 heteroatoms. The van der Waals surface area contributed by atoms with Gasteiger partial charge in [0.1, 0.15) is 5.15 Å². The molecule has 2 aromatic rings. The van der Waals surface area contributed by atoms with E-state index in [1.807, 2.05) is 0 Å². The smallest absolute Gasteiger partial charge is 0.236 e. The number of rotatable bonds is 4. The Balaban J connectivity index is 2.40. The number of nitrogens with one attached hydrogen (secondary N) is 1. The standard InChI is InChI=1S/C13H13ClN2O2S/c1-9(2)8-15-19(17,18)11-4-5-12-10(7-11)3-6-13(14)16-12/h3-7,15H,1,8H2,2H3. The fourth-order valence-electron chi connectivity index (χ4n) is 1.55. The first-order chi connectivity index (χ1) is 8.88. The molecule has 19 heavy (non-hydrogen) atoms. The van der Waals surface area contributed by atoms with Crippen LogP contribution in [0, 0.1) is 0 Å². The van der Waals surface area contributed by atoms with E-state index in [4.69, 9.17) is 11.6 Å². The number of pyridine rings is 1. The summed E-state index contributed by atoms with van der Waals surface area (Å²) in [5, 5.41) is 1.10. The maximum absolute atomic E-state index is 12.0. The lowest BCUT2D eigenvalue weighted by Gasteiger charge is -2.07. The third-order valence-corrected chi connectivity index (χ3v) is 4.11. The Kier molecular flexibility index (Phi) is 3.89. The van der Waals surface area contributed by atoms with E-state index in [0.29, 0.717) is 10.7 Å². The minimum atomic E-state index is -3.53. The van der Waals surface area contributed by atoms with Gasteiger partial charge in [-0.25, -0.2) is 18.1 Å². The van der Waals surface area contributed by atoms with Crippen molar-refractivity contribution in [2.75, 3.05) is 6.54 Å². The van der Waals surface area contributed by atoms with E-state index in [1.54, 1.807) is 31.2 Å². The van der Waals surface area contributed by atoms with Gasteiger partial charge in [0.05, 0.1) is 10.4 Å². The minimum Gasteiger partial charge on any atom is -0.236 e. The van der Waals surface area contributed by atoms with Crippen LogP contribution >= 0.6 is 11.6 Å². The van der Waals surface area contributed by atoms with Gasteiger partial charge in [0.25, 0.3) is 0 Å². The molecular weight excluding hydrogens is 284 g/mol. The predicted molar refractivity (Wildman–Crippen MR) is 76.8 cm³/mol. The van der Waals surface area contributed by atoms with Crippen LogP contribution in [-0.2, 0) is 10.0 Å². The van der Waals surface area contributed by atoms with Crippen LogP contribution in [0.25, 0.3) is 10.9 Å². The van der Waals surface area contributed by atoms with Crippen molar-refractivity contribution in [1.82, 2.24) is 9.71 Å².